The van der Waals surface area contributed by atoms with Crippen LogP contribution in [0.2, 0.25) is 0 Å². The molecule has 2 rings (SSSR count). The lowest BCUT2D eigenvalue weighted by atomic mass is 10.1. The van der Waals surface area contributed by atoms with Crippen molar-refractivity contribution < 1.29 is 14.3 Å². The highest BCUT2D eigenvalue weighted by molar-refractivity contribution is 5.96. The Morgan fingerprint density at radius 1 is 1.23 bits per heavy atom. The molecule has 0 unspecified atom stereocenters. The summed E-state index contributed by atoms with van der Waals surface area (Å²) in [7, 11) is 0. The summed E-state index contributed by atoms with van der Waals surface area (Å²) in [4.78, 5) is 22.7. The van der Waals surface area contributed by atoms with Crippen LogP contribution in [0.3, 0.4) is 0 Å². The SMILES string of the molecule is O=C1CCCC(=O)N1N1C=COC1. The lowest BCUT2D eigenvalue weighted by Gasteiger charge is -2.31. The molecule has 0 radical (unpaired) electrons. The van der Waals surface area contributed by atoms with Crippen LogP contribution in [0.4, 0.5) is 0 Å². The summed E-state index contributed by atoms with van der Waals surface area (Å²) in [6.07, 6.45) is 4.59. The number of carbonyl (C=O) groups is 2. The number of carbonyl (C=O) groups excluding carboxylic acids is 2. The van der Waals surface area contributed by atoms with E-state index in [0.717, 1.165) is 5.01 Å². The first-order valence-corrected chi connectivity index (χ1v) is 4.19. The van der Waals surface area contributed by atoms with Crippen LogP contribution in [0.5, 0.6) is 0 Å². The maximum atomic E-state index is 11.4. The predicted molar refractivity (Wildman–Crippen MR) is 42.6 cm³/mol. The Hall–Kier alpha value is -1.52. The van der Waals surface area contributed by atoms with E-state index >= 15 is 0 Å². The van der Waals surface area contributed by atoms with Crippen molar-refractivity contribution in [2.24, 2.45) is 0 Å². The van der Waals surface area contributed by atoms with E-state index in [-0.39, 0.29) is 18.5 Å². The Labute approximate surface area is 75.5 Å². The number of ether oxygens (including phenoxy) is 1. The zero-order chi connectivity index (χ0) is 9.26. The van der Waals surface area contributed by atoms with Crippen LogP contribution in [-0.2, 0) is 14.3 Å². The van der Waals surface area contributed by atoms with E-state index in [1.54, 1.807) is 6.20 Å². The van der Waals surface area contributed by atoms with E-state index in [4.69, 9.17) is 4.74 Å². The molecule has 0 aliphatic carbocycles. The second kappa shape index (κ2) is 3.08. The molecule has 70 valence electrons. The van der Waals surface area contributed by atoms with Gasteiger partial charge in [0.15, 0.2) is 6.73 Å². The van der Waals surface area contributed by atoms with Crippen LogP contribution in [0.25, 0.3) is 0 Å². The van der Waals surface area contributed by atoms with Crippen molar-refractivity contribution in [3.05, 3.63) is 12.5 Å². The van der Waals surface area contributed by atoms with Gasteiger partial charge in [-0.25, -0.2) is 5.01 Å². The number of rotatable bonds is 1. The average Bonchev–Trinajstić information content (AvgIpc) is 2.57. The maximum Gasteiger partial charge on any atom is 0.248 e. The summed E-state index contributed by atoms with van der Waals surface area (Å²) >= 11 is 0. The number of hydrazine groups is 1. The standard InChI is InChI=1S/C8H10N2O3/c11-7-2-1-3-8(12)10(7)9-4-5-13-6-9/h4-5H,1-3,6H2. The van der Waals surface area contributed by atoms with Gasteiger partial charge in [0.05, 0.1) is 6.20 Å². The van der Waals surface area contributed by atoms with Crippen LogP contribution in [0.1, 0.15) is 19.3 Å². The van der Waals surface area contributed by atoms with E-state index in [2.05, 4.69) is 0 Å². The molecule has 2 amide bonds. The van der Waals surface area contributed by atoms with Crippen molar-refractivity contribution in [1.29, 1.82) is 0 Å². The largest absolute Gasteiger partial charge is 0.477 e. The van der Waals surface area contributed by atoms with Crippen LogP contribution in [0, 0.1) is 0 Å². The molecule has 0 atom stereocenters. The van der Waals surface area contributed by atoms with Crippen LogP contribution < -0.4 is 0 Å². The summed E-state index contributed by atoms with van der Waals surface area (Å²) in [6.45, 7) is 0.248. The van der Waals surface area contributed by atoms with Crippen LogP contribution in [0.15, 0.2) is 12.5 Å². The number of hydrogen-bond donors (Lipinski definition) is 0. The smallest absolute Gasteiger partial charge is 0.248 e. The highest BCUT2D eigenvalue weighted by atomic mass is 16.5. The normalized spacial score (nSPS) is 22.5. The third-order valence-corrected chi connectivity index (χ3v) is 2.05. The molecule has 1 fully saturated rings. The fourth-order valence-electron chi connectivity index (χ4n) is 1.43. The predicted octanol–water partition coefficient (Wildman–Crippen LogP) is 0.201. The molecule has 1 saturated heterocycles. The van der Waals surface area contributed by atoms with Gasteiger partial charge in [-0.05, 0) is 6.42 Å². The molecule has 13 heavy (non-hydrogen) atoms. The molecule has 0 aromatic carbocycles. The molecule has 5 nitrogen and oxygen atoms in total. The fraction of sp³-hybridized carbons (Fsp3) is 0.500. The zero-order valence-electron chi connectivity index (χ0n) is 7.10. The monoisotopic (exact) mass is 182 g/mol. The van der Waals surface area contributed by atoms with Crippen LogP contribution in [-0.4, -0.2) is 28.6 Å². The summed E-state index contributed by atoms with van der Waals surface area (Å²) in [5.41, 5.74) is 0. The lowest BCUT2D eigenvalue weighted by Crippen LogP contribution is -2.49. The van der Waals surface area contributed by atoms with Gasteiger partial charge in [-0.15, -0.1) is 0 Å². The number of piperidine rings is 1. The number of imide groups is 1. The van der Waals surface area contributed by atoms with Gasteiger partial charge in [-0.2, -0.15) is 5.01 Å². The van der Waals surface area contributed by atoms with Gasteiger partial charge in [0.25, 0.3) is 0 Å². The van der Waals surface area contributed by atoms with Gasteiger partial charge < -0.3 is 4.74 Å². The average molecular weight is 182 g/mol. The first kappa shape index (κ1) is 8.10. The van der Waals surface area contributed by atoms with Gasteiger partial charge in [0, 0.05) is 12.8 Å². The summed E-state index contributed by atoms with van der Waals surface area (Å²) in [5.74, 6) is -0.294. The minimum Gasteiger partial charge on any atom is -0.477 e. The second-order valence-corrected chi connectivity index (χ2v) is 2.97. The minimum absolute atomic E-state index is 0.147. The van der Waals surface area contributed by atoms with Crippen molar-refractivity contribution in [3.8, 4) is 0 Å². The maximum absolute atomic E-state index is 11.4. The Morgan fingerprint density at radius 3 is 2.46 bits per heavy atom. The van der Waals surface area contributed by atoms with Crippen molar-refractivity contribution in [2.45, 2.75) is 19.3 Å². The Bertz CT molecular complexity index is 259. The highest BCUT2D eigenvalue weighted by Crippen LogP contribution is 2.17. The highest BCUT2D eigenvalue weighted by Gasteiger charge is 2.31. The first-order chi connectivity index (χ1) is 6.29. The van der Waals surface area contributed by atoms with Gasteiger partial charge in [0.1, 0.15) is 6.26 Å². The van der Waals surface area contributed by atoms with Crippen molar-refractivity contribution in [2.75, 3.05) is 6.73 Å². The number of amides is 2. The third kappa shape index (κ3) is 1.37. The molecule has 0 bridgehead atoms. The molecule has 0 aromatic rings. The Kier molecular flexibility index (Phi) is 1.92. The number of nitrogens with zero attached hydrogens (tertiary/aromatic N) is 2. The fourth-order valence-corrected chi connectivity index (χ4v) is 1.43. The summed E-state index contributed by atoms with van der Waals surface area (Å²) < 4.78 is 4.91. The van der Waals surface area contributed by atoms with Gasteiger partial charge >= 0.3 is 0 Å². The molecule has 0 saturated carbocycles. The molecule has 2 aliphatic heterocycles. The minimum atomic E-state index is -0.147. The molecule has 2 aliphatic rings. The summed E-state index contributed by atoms with van der Waals surface area (Å²) in [6, 6.07) is 0. The first-order valence-electron chi connectivity index (χ1n) is 4.19. The van der Waals surface area contributed by atoms with Gasteiger partial charge in [0.2, 0.25) is 11.8 Å². The molecule has 5 heteroatoms. The Balaban J connectivity index is 2.13. The summed E-state index contributed by atoms with van der Waals surface area (Å²) in [5, 5.41) is 2.65. The van der Waals surface area contributed by atoms with E-state index in [0.29, 0.717) is 19.3 Å². The van der Waals surface area contributed by atoms with Crippen molar-refractivity contribution in [1.82, 2.24) is 10.0 Å². The van der Waals surface area contributed by atoms with Crippen molar-refractivity contribution in [3.63, 3.8) is 0 Å². The van der Waals surface area contributed by atoms with E-state index in [1.165, 1.54) is 11.3 Å². The third-order valence-electron chi connectivity index (χ3n) is 2.05. The Morgan fingerprint density at radius 2 is 1.92 bits per heavy atom. The van der Waals surface area contributed by atoms with E-state index in [1.807, 2.05) is 0 Å². The molecule has 0 spiro atoms. The van der Waals surface area contributed by atoms with E-state index < -0.39 is 0 Å². The molecular formula is C8H10N2O3. The van der Waals surface area contributed by atoms with Crippen LogP contribution >= 0.6 is 0 Å². The van der Waals surface area contributed by atoms with Gasteiger partial charge in [-0.3, -0.25) is 9.59 Å². The molecule has 0 aromatic heterocycles. The topological polar surface area (TPSA) is 49.9 Å². The van der Waals surface area contributed by atoms with Gasteiger partial charge in [-0.1, -0.05) is 0 Å². The second-order valence-electron chi connectivity index (χ2n) is 2.97. The van der Waals surface area contributed by atoms with E-state index in [9.17, 15) is 9.59 Å². The quantitative estimate of drug-likeness (QED) is 0.543. The number of hydrogen-bond acceptors (Lipinski definition) is 4. The molecule has 2 heterocycles. The molecular weight excluding hydrogens is 172 g/mol. The molecule has 0 N–H and O–H groups in total. The zero-order valence-corrected chi connectivity index (χ0v) is 7.10. The van der Waals surface area contributed by atoms with Crippen molar-refractivity contribution >= 4 is 11.8 Å². The lowest BCUT2D eigenvalue weighted by molar-refractivity contribution is -0.166.